The predicted molar refractivity (Wildman–Crippen MR) is 97.8 cm³/mol. The molecule has 0 nitrogen and oxygen atoms in total. The maximum atomic E-state index is 2.21. The van der Waals surface area contributed by atoms with Crippen molar-refractivity contribution in [2.45, 2.75) is 57.8 Å². The Morgan fingerprint density at radius 3 is 0.913 bits per heavy atom. The molecular formula is C23H28. The molecule has 2 aromatic carbocycles. The number of fused-ring (bicyclic) bond motifs is 4. The van der Waals surface area contributed by atoms with Crippen molar-refractivity contribution in [1.82, 2.24) is 0 Å². The van der Waals surface area contributed by atoms with Crippen LogP contribution < -0.4 is 0 Å². The van der Waals surface area contributed by atoms with Gasteiger partial charge in [-0.3, -0.25) is 0 Å². The van der Waals surface area contributed by atoms with Gasteiger partial charge in [-0.05, 0) is 66.2 Å². The lowest BCUT2D eigenvalue weighted by molar-refractivity contribution is 0.480. The highest BCUT2D eigenvalue weighted by molar-refractivity contribution is 5.35. The summed E-state index contributed by atoms with van der Waals surface area (Å²) in [6.45, 7) is 0. The van der Waals surface area contributed by atoms with Crippen molar-refractivity contribution in [3.05, 3.63) is 70.8 Å². The first-order chi connectivity index (χ1) is 11.4. The summed E-state index contributed by atoms with van der Waals surface area (Å²) in [5.74, 6) is 2.34. The Labute approximate surface area is 140 Å². The van der Waals surface area contributed by atoms with Gasteiger partial charge in [0, 0.05) is 0 Å². The SMILES string of the molecule is C1CC2CCC1C2.c1ccc2c(c1)CC2.c1ccc2c(c1)CC2. The molecule has 0 atom stereocenters. The fraction of sp³-hybridized carbons (Fsp3) is 0.478. The molecule has 6 rings (SSSR count). The zero-order valence-corrected chi connectivity index (χ0v) is 14.1. The van der Waals surface area contributed by atoms with E-state index in [1.807, 2.05) is 0 Å². The van der Waals surface area contributed by atoms with Crippen molar-refractivity contribution in [3.8, 4) is 0 Å². The van der Waals surface area contributed by atoms with Crippen LogP contribution in [0.5, 0.6) is 0 Å². The smallest absolute Gasteiger partial charge is 0.0235 e. The molecule has 0 heterocycles. The van der Waals surface area contributed by atoms with Crippen LogP contribution >= 0.6 is 0 Å². The lowest BCUT2D eigenvalue weighted by Gasteiger charge is -2.16. The van der Waals surface area contributed by atoms with Gasteiger partial charge in [0.1, 0.15) is 0 Å². The molecule has 0 aromatic heterocycles. The minimum atomic E-state index is 1.17. The van der Waals surface area contributed by atoms with Crippen LogP contribution in [-0.4, -0.2) is 0 Å². The largest absolute Gasteiger partial charge is 0.0620 e. The summed E-state index contributed by atoms with van der Waals surface area (Å²) in [5, 5.41) is 0. The standard InChI is InChI=1S/2C8H8.C7H12/c2*1-2-4-8-6-5-7(8)3-1;1-2-7-4-3-6(1)5-7/h2*1-4H,5-6H2;6-7H,1-5H2. The van der Waals surface area contributed by atoms with Gasteiger partial charge in [0.2, 0.25) is 0 Å². The van der Waals surface area contributed by atoms with E-state index in [-0.39, 0.29) is 0 Å². The van der Waals surface area contributed by atoms with Crippen molar-refractivity contribution in [1.29, 1.82) is 0 Å². The second-order valence-corrected chi connectivity index (χ2v) is 7.66. The Morgan fingerprint density at radius 2 is 0.783 bits per heavy atom. The van der Waals surface area contributed by atoms with E-state index in [0.717, 1.165) is 0 Å². The third kappa shape index (κ3) is 3.52. The minimum Gasteiger partial charge on any atom is -0.0620 e. The highest BCUT2D eigenvalue weighted by Crippen LogP contribution is 2.43. The van der Waals surface area contributed by atoms with Crippen LogP contribution in [0.1, 0.15) is 54.4 Å². The van der Waals surface area contributed by atoms with E-state index in [4.69, 9.17) is 0 Å². The van der Waals surface area contributed by atoms with E-state index < -0.39 is 0 Å². The van der Waals surface area contributed by atoms with E-state index in [0.29, 0.717) is 0 Å². The molecule has 23 heavy (non-hydrogen) atoms. The molecule has 4 aliphatic rings. The Morgan fingerprint density at radius 1 is 0.478 bits per heavy atom. The predicted octanol–water partition coefficient (Wildman–Crippen LogP) is 5.77. The molecule has 0 saturated heterocycles. The first-order valence-electron chi connectivity index (χ1n) is 9.52. The zero-order valence-electron chi connectivity index (χ0n) is 14.1. The summed E-state index contributed by atoms with van der Waals surface area (Å²) in [6.07, 6.45) is 13.0. The highest BCUT2D eigenvalue weighted by atomic mass is 14.4. The van der Waals surface area contributed by atoms with Crippen molar-refractivity contribution < 1.29 is 0 Å². The van der Waals surface area contributed by atoms with Gasteiger partial charge in [-0.15, -0.1) is 0 Å². The summed E-state index contributed by atoms with van der Waals surface area (Å²) in [6, 6.07) is 17.3. The zero-order chi connectivity index (χ0) is 15.5. The average Bonchev–Trinajstić information content (AvgIpc) is 3.17. The lowest BCUT2D eigenvalue weighted by atomic mass is 9.89. The monoisotopic (exact) mass is 304 g/mol. The van der Waals surface area contributed by atoms with Gasteiger partial charge in [-0.2, -0.15) is 0 Å². The number of rotatable bonds is 0. The second kappa shape index (κ2) is 6.91. The Hall–Kier alpha value is -1.56. The third-order valence-electron chi connectivity index (χ3n) is 6.20. The Kier molecular flexibility index (Phi) is 4.50. The normalized spacial score (nSPS) is 24.7. The molecule has 0 aliphatic heterocycles. The van der Waals surface area contributed by atoms with Gasteiger partial charge in [-0.25, -0.2) is 0 Å². The van der Waals surface area contributed by atoms with E-state index in [9.17, 15) is 0 Å². The maximum Gasteiger partial charge on any atom is -0.0235 e. The van der Waals surface area contributed by atoms with Gasteiger partial charge in [0.25, 0.3) is 0 Å². The number of hydrogen-bond donors (Lipinski definition) is 0. The molecule has 0 spiro atoms. The van der Waals surface area contributed by atoms with Crippen LogP contribution in [-0.2, 0) is 25.7 Å². The minimum absolute atomic E-state index is 1.17. The molecule has 2 fully saturated rings. The number of aryl methyl sites for hydroxylation is 4. The topological polar surface area (TPSA) is 0 Å². The second-order valence-electron chi connectivity index (χ2n) is 7.66. The summed E-state index contributed by atoms with van der Waals surface area (Å²) in [4.78, 5) is 0. The quantitative estimate of drug-likeness (QED) is 0.580. The lowest BCUT2D eigenvalue weighted by Crippen LogP contribution is -2.06. The molecule has 2 aromatic rings. The van der Waals surface area contributed by atoms with Gasteiger partial charge in [-0.1, -0.05) is 74.2 Å². The first kappa shape index (κ1) is 15.0. The molecule has 0 unspecified atom stereocenters. The molecular weight excluding hydrogens is 276 g/mol. The molecule has 2 bridgehead atoms. The van der Waals surface area contributed by atoms with Gasteiger partial charge in [0.05, 0.1) is 0 Å². The van der Waals surface area contributed by atoms with Gasteiger partial charge < -0.3 is 0 Å². The van der Waals surface area contributed by atoms with Crippen LogP contribution in [0.2, 0.25) is 0 Å². The Balaban J connectivity index is 0.0000000884. The summed E-state index contributed by atoms with van der Waals surface area (Å²) < 4.78 is 0. The summed E-state index contributed by atoms with van der Waals surface area (Å²) in [5.41, 5.74) is 6.19. The van der Waals surface area contributed by atoms with E-state index in [1.54, 1.807) is 54.4 Å². The molecule has 0 radical (unpaired) electrons. The molecule has 0 N–H and O–H groups in total. The Bertz CT molecular complexity index is 543. The molecule has 120 valence electrons. The first-order valence-corrected chi connectivity index (χ1v) is 9.52. The molecule has 0 amide bonds. The number of hydrogen-bond acceptors (Lipinski definition) is 0. The molecule has 4 aliphatic carbocycles. The maximum absolute atomic E-state index is 2.21. The van der Waals surface area contributed by atoms with Crippen LogP contribution in [0, 0.1) is 11.8 Å². The third-order valence-corrected chi connectivity index (χ3v) is 6.20. The van der Waals surface area contributed by atoms with Crippen LogP contribution in [0.25, 0.3) is 0 Å². The van der Waals surface area contributed by atoms with Gasteiger partial charge in [0.15, 0.2) is 0 Å². The van der Waals surface area contributed by atoms with Gasteiger partial charge >= 0.3 is 0 Å². The highest BCUT2D eigenvalue weighted by Gasteiger charge is 2.30. The van der Waals surface area contributed by atoms with Crippen LogP contribution in [0.4, 0.5) is 0 Å². The molecule has 2 saturated carbocycles. The van der Waals surface area contributed by atoms with Crippen molar-refractivity contribution in [2.75, 3.05) is 0 Å². The van der Waals surface area contributed by atoms with Crippen LogP contribution in [0.3, 0.4) is 0 Å². The van der Waals surface area contributed by atoms with E-state index in [2.05, 4.69) is 48.5 Å². The van der Waals surface area contributed by atoms with Crippen molar-refractivity contribution in [3.63, 3.8) is 0 Å². The fourth-order valence-electron chi connectivity index (χ4n) is 4.45. The van der Waals surface area contributed by atoms with Crippen molar-refractivity contribution in [2.24, 2.45) is 11.8 Å². The van der Waals surface area contributed by atoms with E-state index in [1.165, 1.54) is 37.5 Å². The fourth-order valence-corrected chi connectivity index (χ4v) is 4.45. The summed E-state index contributed by atoms with van der Waals surface area (Å²) >= 11 is 0. The van der Waals surface area contributed by atoms with Crippen molar-refractivity contribution >= 4 is 0 Å². The van der Waals surface area contributed by atoms with Crippen LogP contribution in [0.15, 0.2) is 48.5 Å². The average molecular weight is 304 g/mol. The van der Waals surface area contributed by atoms with E-state index >= 15 is 0 Å². The number of benzene rings is 2. The summed E-state index contributed by atoms with van der Waals surface area (Å²) in [7, 11) is 0. The molecule has 0 heteroatoms.